The molecule has 0 saturated heterocycles. The molecule has 0 rings (SSSR count). The van der Waals surface area contributed by atoms with Gasteiger partial charge in [0.25, 0.3) is 0 Å². The van der Waals surface area contributed by atoms with Crippen molar-refractivity contribution in [2.75, 3.05) is 19.7 Å². The molecule has 0 saturated carbocycles. The Kier molecular flexibility index (Phi) is 9.52. The fraction of sp³-hybridized carbons (Fsp3) is 0.909. The van der Waals surface area contributed by atoms with Crippen LogP contribution in [-0.2, 0) is 4.79 Å². The Morgan fingerprint density at radius 1 is 1.27 bits per heavy atom. The van der Waals surface area contributed by atoms with E-state index in [1.165, 1.54) is 0 Å². The van der Waals surface area contributed by atoms with E-state index in [1.807, 2.05) is 6.92 Å². The van der Waals surface area contributed by atoms with E-state index in [4.69, 9.17) is 10.2 Å². The SMILES string of the molecule is CC(CO)CCCNCCCCC(=O)O. The number of hydrogen-bond donors (Lipinski definition) is 3. The van der Waals surface area contributed by atoms with Crippen LogP contribution < -0.4 is 5.32 Å². The molecule has 0 radical (unpaired) electrons. The number of rotatable bonds is 10. The zero-order chi connectivity index (χ0) is 11.5. The minimum Gasteiger partial charge on any atom is -0.481 e. The van der Waals surface area contributed by atoms with Crippen molar-refractivity contribution < 1.29 is 15.0 Å². The summed E-state index contributed by atoms with van der Waals surface area (Å²) in [4.78, 5) is 10.2. The van der Waals surface area contributed by atoms with E-state index in [0.29, 0.717) is 5.92 Å². The number of nitrogens with one attached hydrogen (secondary N) is 1. The summed E-state index contributed by atoms with van der Waals surface area (Å²) in [5.41, 5.74) is 0. The third kappa shape index (κ3) is 11.3. The van der Waals surface area contributed by atoms with Crippen LogP contribution in [0.5, 0.6) is 0 Å². The standard InChI is InChI=1S/C11H23NO3/c1-10(9-13)5-4-8-12-7-3-2-6-11(14)15/h10,12-13H,2-9H2,1H3,(H,14,15). The summed E-state index contributed by atoms with van der Waals surface area (Å²) in [5, 5.41) is 20.4. The number of aliphatic hydroxyl groups is 1. The summed E-state index contributed by atoms with van der Waals surface area (Å²) in [6.45, 7) is 4.14. The normalized spacial score (nSPS) is 12.7. The Labute approximate surface area is 91.7 Å². The van der Waals surface area contributed by atoms with Gasteiger partial charge in [-0.2, -0.15) is 0 Å². The first-order chi connectivity index (χ1) is 7.16. The molecular formula is C11H23NO3. The first-order valence-corrected chi connectivity index (χ1v) is 5.70. The minimum absolute atomic E-state index is 0.263. The van der Waals surface area contributed by atoms with Gasteiger partial charge in [-0.1, -0.05) is 6.92 Å². The Morgan fingerprint density at radius 2 is 1.93 bits per heavy atom. The van der Waals surface area contributed by atoms with Crippen molar-refractivity contribution in [2.45, 2.75) is 39.0 Å². The number of carboxylic acids is 1. The summed E-state index contributed by atoms with van der Waals surface area (Å²) < 4.78 is 0. The van der Waals surface area contributed by atoms with E-state index < -0.39 is 5.97 Å². The number of carboxylic acid groups (broad SMARTS) is 1. The predicted octanol–water partition coefficient (Wildman–Crippen LogP) is 1.24. The van der Waals surface area contributed by atoms with Crippen LogP contribution >= 0.6 is 0 Å². The highest BCUT2D eigenvalue weighted by Gasteiger charge is 1.99. The van der Waals surface area contributed by atoms with Gasteiger partial charge >= 0.3 is 5.97 Å². The molecule has 15 heavy (non-hydrogen) atoms. The van der Waals surface area contributed by atoms with E-state index >= 15 is 0 Å². The number of carbonyl (C=O) groups is 1. The second-order valence-corrected chi connectivity index (χ2v) is 4.03. The number of aliphatic hydroxyl groups excluding tert-OH is 1. The van der Waals surface area contributed by atoms with Crippen molar-refractivity contribution in [3.8, 4) is 0 Å². The van der Waals surface area contributed by atoms with Gasteiger partial charge in [0.2, 0.25) is 0 Å². The molecule has 0 heterocycles. The van der Waals surface area contributed by atoms with E-state index in [1.54, 1.807) is 0 Å². The van der Waals surface area contributed by atoms with Crippen LogP contribution in [0.4, 0.5) is 0 Å². The molecule has 0 fully saturated rings. The van der Waals surface area contributed by atoms with Gasteiger partial charge in [-0.05, 0) is 44.7 Å². The molecule has 4 heteroatoms. The fourth-order valence-electron chi connectivity index (χ4n) is 1.32. The third-order valence-corrected chi connectivity index (χ3v) is 2.36. The Balaban J connectivity index is 3.02. The molecule has 1 unspecified atom stereocenters. The molecule has 3 N–H and O–H groups in total. The number of unbranched alkanes of at least 4 members (excludes halogenated alkanes) is 1. The van der Waals surface area contributed by atoms with Crippen molar-refractivity contribution >= 4 is 5.97 Å². The molecule has 0 aromatic heterocycles. The maximum Gasteiger partial charge on any atom is 0.303 e. The average molecular weight is 217 g/mol. The smallest absolute Gasteiger partial charge is 0.303 e. The fourth-order valence-corrected chi connectivity index (χ4v) is 1.32. The Morgan fingerprint density at radius 3 is 2.53 bits per heavy atom. The van der Waals surface area contributed by atoms with Crippen LogP contribution in [0.1, 0.15) is 39.0 Å². The van der Waals surface area contributed by atoms with Crippen molar-refractivity contribution in [1.29, 1.82) is 0 Å². The molecule has 0 aliphatic carbocycles. The maximum absolute atomic E-state index is 10.2. The summed E-state index contributed by atoms with van der Waals surface area (Å²) in [5.74, 6) is -0.328. The lowest BCUT2D eigenvalue weighted by molar-refractivity contribution is -0.137. The summed E-state index contributed by atoms with van der Waals surface area (Å²) in [6, 6.07) is 0. The van der Waals surface area contributed by atoms with Crippen LogP contribution in [0.3, 0.4) is 0 Å². The van der Waals surface area contributed by atoms with E-state index in [2.05, 4.69) is 5.32 Å². The highest BCUT2D eigenvalue weighted by Crippen LogP contribution is 2.02. The lowest BCUT2D eigenvalue weighted by Crippen LogP contribution is -2.18. The number of aliphatic carboxylic acids is 1. The zero-order valence-corrected chi connectivity index (χ0v) is 9.54. The molecular weight excluding hydrogens is 194 g/mol. The largest absolute Gasteiger partial charge is 0.481 e. The van der Waals surface area contributed by atoms with Crippen LogP contribution in [0.25, 0.3) is 0 Å². The summed E-state index contributed by atoms with van der Waals surface area (Å²) >= 11 is 0. The van der Waals surface area contributed by atoms with Crippen LogP contribution in [0.2, 0.25) is 0 Å². The molecule has 0 spiro atoms. The van der Waals surface area contributed by atoms with Gasteiger partial charge < -0.3 is 15.5 Å². The highest BCUT2D eigenvalue weighted by molar-refractivity contribution is 5.66. The van der Waals surface area contributed by atoms with Crippen LogP contribution in [0, 0.1) is 5.92 Å². The zero-order valence-electron chi connectivity index (χ0n) is 9.54. The molecule has 0 aromatic carbocycles. The summed E-state index contributed by atoms with van der Waals surface area (Å²) in [6.07, 6.45) is 4.04. The maximum atomic E-state index is 10.2. The molecule has 0 aliphatic heterocycles. The van der Waals surface area contributed by atoms with E-state index in [-0.39, 0.29) is 13.0 Å². The van der Waals surface area contributed by atoms with Crippen molar-refractivity contribution in [2.24, 2.45) is 5.92 Å². The first kappa shape index (κ1) is 14.4. The molecule has 0 bridgehead atoms. The van der Waals surface area contributed by atoms with Gasteiger partial charge in [0.1, 0.15) is 0 Å². The lowest BCUT2D eigenvalue weighted by atomic mass is 10.1. The quantitative estimate of drug-likeness (QED) is 0.481. The molecule has 0 aromatic rings. The highest BCUT2D eigenvalue weighted by atomic mass is 16.4. The van der Waals surface area contributed by atoms with Gasteiger partial charge in [-0.25, -0.2) is 0 Å². The van der Waals surface area contributed by atoms with Gasteiger partial charge in [-0.3, -0.25) is 4.79 Å². The molecule has 4 nitrogen and oxygen atoms in total. The summed E-state index contributed by atoms with van der Waals surface area (Å²) in [7, 11) is 0. The average Bonchev–Trinajstić information content (AvgIpc) is 2.21. The monoisotopic (exact) mass is 217 g/mol. The number of hydrogen-bond acceptors (Lipinski definition) is 3. The van der Waals surface area contributed by atoms with Gasteiger partial charge in [0, 0.05) is 13.0 Å². The third-order valence-electron chi connectivity index (χ3n) is 2.36. The first-order valence-electron chi connectivity index (χ1n) is 5.70. The molecule has 1 atom stereocenters. The molecule has 0 aliphatic rings. The Bertz CT molecular complexity index is 162. The van der Waals surface area contributed by atoms with Gasteiger partial charge in [0.15, 0.2) is 0 Å². The second-order valence-electron chi connectivity index (χ2n) is 4.03. The van der Waals surface area contributed by atoms with Crippen molar-refractivity contribution in [3.05, 3.63) is 0 Å². The lowest BCUT2D eigenvalue weighted by Gasteiger charge is -2.07. The topological polar surface area (TPSA) is 69.6 Å². The van der Waals surface area contributed by atoms with Crippen LogP contribution in [-0.4, -0.2) is 35.9 Å². The van der Waals surface area contributed by atoms with E-state index in [9.17, 15) is 4.79 Å². The van der Waals surface area contributed by atoms with Crippen molar-refractivity contribution in [3.63, 3.8) is 0 Å². The Hall–Kier alpha value is -0.610. The van der Waals surface area contributed by atoms with Gasteiger partial charge in [-0.15, -0.1) is 0 Å². The van der Waals surface area contributed by atoms with Gasteiger partial charge in [0.05, 0.1) is 0 Å². The van der Waals surface area contributed by atoms with E-state index in [0.717, 1.165) is 38.8 Å². The predicted molar refractivity (Wildman–Crippen MR) is 59.8 cm³/mol. The second kappa shape index (κ2) is 9.93. The molecule has 90 valence electrons. The minimum atomic E-state index is -0.716. The molecule has 0 amide bonds. The van der Waals surface area contributed by atoms with Crippen molar-refractivity contribution in [1.82, 2.24) is 5.32 Å². The van der Waals surface area contributed by atoms with Crippen LogP contribution in [0.15, 0.2) is 0 Å².